The van der Waals surface area contributed by atoms with Gasteiger partial charge in [-0.3, -0.25) is 0 Å². The number of hydrogen-bond acceptors (Lipinski definition) is 3. The van der Waals surface area contributed by atoms with Crippen molar-refractivity contribution in [3.8, 4) is 0 Å². The highest BCUT2D eigenvalue weighted by atomic mass is 19.1. The van der Waals surface area contributed by atoms with Gasteiger partial charge in [-0.15, -0.1) is 0 Å². The third kappa shape index (κ3) is 2.94. The van der Waals surface area contributed by atoms with E-state index < -0.39 is 0 Å². The van der Waals surface area contributed by atoms with Gasteiger partial charge in [-0.1, -0.05) is 13.3 Å². The van der Waals surface area contributed by atoms with Gasteiger partial charge < -0.3 is 10.6 Å². The number of aromatic nitrogens is 1. The van der Waals surface area contributed by atoms with Crippen LogP contribution in [0, 0.1) is 5.82 Å². The van der Waals surface area contributed by atoms with Crippen LogP contribution in [-0.4, -0.2) is 17.6 Å². The van der Waals surface area contributed by atoms with Gasteiger partial charge in [0.15, 0.2) is 0 Å². The molecule has 0 amide bonds. The van der Waals surface area contributed by atoms with Crippen LogP contribution < -0.4 is 10.6 Å². The maximum Gasteiger partial charge on any atom is 0.141 e. The van der Waals surface area contributed by atoms with Crippen LogP contribution in [0.1, 0.15) is 38.2 Å². The fraction of sp³-hybridized carbons (Fsp3) is 0.615. The predicted octanol–water partition coefficient (Wildman–Crippen LogP) is 2.45. The molecule has 2 rings (SSSR count). The molecule has 1 aromatic heterocycles. The molecule has 0 atom stereocenters. The van der Waals surface area contributed by atoms with Gasteiger partial charge in [0, 0.05) is 24.7 Å². The summed E-state index contributed by atoms with van der Waals surface area (Å²) >= 11 is 0. The minimum Gasteiger partial charge on any atom is -0.353 e. The van der Waals surface area contributed by atoms with Crippen molar-refractivity contribution in [1.29, 1.82) is 0 Å². The molecule has 0 saturated heterocycles. The van der Waals surface area contributed by atoms with Gasteiger partial charge in [-0.25, -0.2) is 9.37 Å². The first-order chi connectivity index (χ1) is 8.26. The van der Waals surface area contributed by atoms with Gasteiger partial charge in [-0.05, 0) is 25.3 Å². The molecule has 17 heavy (non-hydrogen) atoms. The zero-order chi connectivity index (χ0) is 12.3. The Balaban J connectivity index is 2.21. The number of unbranched alkanes of at least 4 members (excludes halogenated alkanes) is 1. The Morgan fingerprint density at radius 2 is 2.29 bits per heavy atom. The van der Waals surface area contributed by atoms with Gasteiger partial charge in [-0.2, -0.15) is 0 Å². The summed E-state index contributed by atoms with van der Waals surface area (Å²) in [7, 11) is 0. The highest BCUT2D eigenvalue weighted by Crippen LogP contribution is 2.32. The summed E-state index contributed by atoms with van der Waals surface area (Å²) in [6, 6.07) is 2.09. The SMILES string of the molecule is CCCCN(c1ncc(F)cc1CN)C1CC1. The normalized spacial score (nSPS) is 15.0. The Morgan fingerprint density at radius 3 is 2.88 bits per heavy atom. The number of anilines is 1. The van der Waals surface area contributed by atoms with Crippen LogP contribution in [0.5, 0.6) is 0 Å². The third-order valence-corrected chi connectivity index (χ3v) is 3.14. The Labute approximate surface area is 102 Å². The molecule has 0 unspecified atom stereocenters. The van der Waals surface area contributed by atoms with Crippen molar-refractivity contribution in [2.75, 3.05) is 11.4 Å². The van der Waals surface area contributed by atoms with Crippen molar-refractivity contribution >= 4 is 5.82 Å². The maximum atomic E-state index is 13.1. The molecule has 1 heterocycles. The first kappa shape index (κ1) is 12.3. The van der Waals surface area contributed by atoms with Gasteiger partial charge in [0.2, 0.25) is 0 Å². The first-order valence-electron chi connectivity index (χ1n) is 6.37. The second-order valence-electron chi connectivity index (χ2n) is 4.62. The maximum absolute atomic E-state index is 13.1. The molecule has 0 spiro atoms. The summed E-state index contributed by atoms with van der Waals surface area (Å²) in [5.41, 5.74) is 6.49. The van der Waals surface area contributed by atoms with E-state index in [2.05, 4.69) is 16.8 Å². The molecule has 4 heteroatoms. The summed E-state index contributed by atoms with van der Waals surface area (Å²) < 4.78 is 13.1. The fourth-order valence-electron chi connectivity index (χ4n) is 2.06. The number of nitrogens with two attached hydrogens (primary N) is 1. The molecule has 1 aliphatic rings. The van der Waals surface area contributed by atoms with Gasteiger partial charge in [0.05, 0.1) is 6.20 Å². The van der Waals surface area contributed by atoms with E-state index >= 15 is 0 Å². The highest BCUT2D eigenvalue weighted by molar-refractivity contribution is 5.49. The quantitative estimate of drug-likeness (QED) is 0.826. The Bertz CT molecular complexity index is 377. The Morgan fingerprint density at radius 1 is 1.53 bits per heavy atom. The number of hydrogen-bond donors (Lipinski definition) is 1. The van der Waals surface area contributed by atoms with Crippen LogP contribution in [0.25, 0.3) is 0 Å². The molecular formula is C13H20FN3. The summed E-state index contributed by atoms with van der Waals surface area (Å²) in [4.78, 5) is 6.53. The molecule has 1 aromatic rings. The molecular weight excluding hydrogens is 217 g/mol. The second-order valence-corrected chi connectivity index (χ2v) is 4.62. The molecule has 1 aliphatic carbocycles. The largest absolute Gasteiger partial charge is 0.353 e. The van der Waals surface area contributed by atoms with Crippen LogP contribution in [0.2, 0.25) is 0 Å². The molecule has 2 N–H and O–H groups in total. The molecule has 0 aliphatic heterocycles. The summed E-state index contributed by atoms with van der Waals surface area (Å²) in [6.07, 6.45) is 6.01. The summed E-state index contributed by atoms with van der Waals surface area (Å²) in [5.74, 6) is 0.574. The van der Waals surface area contributed by atoms with Crippen molar-refractivity contribution in [1.82, 2.24) is 4.98 Å². The summed E-state index contributed by atoms with van der Waals surface area (Å²) in [6.45, 7) is 3.51. The average molecular weight is 237 g/mol. The highest BCUT2D eigenvalue weighted by Gasteiger charge is 2.30. The van der Waals surface area contributed by atoms with E-state index in [0.717, 1.165) is 30.8 Å². The molecule has 0 bridgehead atoms. The number of halogens is 1. The van der Waals surface area contributed by atoms with E-state index in [9.17, 15) is 4.39 Å². The smallest absolute Gasteiger partial charge is 0.141 e. The van der Waals surface area contributed by atoms with Crippen molar-refractivity contribution < 1.29 is 4.39 Å². The van der Waals surface area contributed by atoms with E-state index in [-0.39, 0.29) is 5.82 Å². The molecule has 0 aromatic carbocycles. The van der Waals surface area contributed by atoms with Crippen LogP contribution in [0.4, 0.5) is 10.2 Å². The number of pyridine rings is 1. The number of nitrogens with zero attached hydrogens (tertiary/aromatic N) is 2. The standard InChI is InChI=1S/C13H20FN3/c1-2-3-6-17(12-4-5-12)13-10(8-15)7-11(14)9-16-13/h7,9,12H,2-6,8,15H2,1H3. The van der Waals surface area contributed by atoms with Crippen molar-refractivity contribution in [3.63, 3.8) is 0 Å². The van der Waals surface area contributed by atoms with Crippen LogP contribution in [0.3, 0.4) is 0 Å². The lowest BCUT2D eigenvalue weighted by Crippen LogP contribution is -2.29. The molecule has 94 valence electrons. The van der Waals surface area contributed by atoms with E-state index in [1.54, 1.807) is 0 Å². The van der Waals surface area contributed by atoms with Crippen LogP contribution >= 0.6 is 0 Å². The van der Waals surface area contributed by atoms with Crippen molar-refractivity contribution in [2.24, 2.45) is 5.73 Å². The molecule has 1 saturated carbocycles. The Kier molecular flexibility index (Phi) is 3.94. The third-order valence-electron chi connectivity index (χ3n) is 3.14. The Hall–Kier alpha value is -1.16. The minimum atomic E-state index is -0.305. The van der Waals surface area contributed by atoms with Crippen LogP contribution in [-0.2, 0) is 6.54 Å². The van der Waals surface area contributed by atoms with Gasteiger partial charge in [0.25, 0.3) is 0 Å². The fourth-order valence-corrected chi connectivity index (χ4v) is 2.06. The van der Waals surface area contributed by atoms with E-state index in [1.165, 1.54) is 25.1 Å². The predicted molar refractivity (Wildman–Crippen MR) is 67.4 cm³/mol. The van der Waals surface area contributed by atoms with Gasteiger partial charge in [0.1, 0.15) is 11.6 Å². The lowest BCUT2D eigenvalue weighted by atomic mass is 10.2. The van der Waals surface area contributed by atoms with Crippen molar-refractivity contribution in [2.45, 2.75) is 45.2 Å². The van der Waals surface area contributed by atoms with E-state index in [4.69, 9.17) is 5.73 Å². The zero-order valence-electron chi connectivity index (χ0n) is 10.3. The molecule has 0 radical (unpaired) electrons. The lowest BCUT2D eigenvalue weighted by molar-refractivity contribution is 0.615. The van der Waals surface area contributed by atoms with Crippen LogP contribution in [0.15, 0.2) is 12.3 Å². The second kappa shape index (κ2) is 5.45. The minimum absolute atomic E-state index is 0.305. The zero-order valence-corrected chi connectivity index (χ0v) is 10.3. The number of rotatable bonds is 6. The average Bonchev–Trinajstić information content (AvgIpc) is 3.15. The first-order valence-corrected chi connectivity index (χ1v) is 6.37. The molecule has 3 nitrogen and oxygen atoms in total. The molecule has 1 fully saturated rings. The monoisotopic (exact) mass is 237 g/mol. The van der Waals surface area contributed by atoms with E-state index in [1.807, 2.05) is 0 Å². The summed E-state index contributed by atoms with van der Waals surface area (Å²) in [5, 5.41) is 0. The topological polar surface area (TPSA) is 42.2 Å². The van der Waals surface area contributed by atoms with Gasteiger partial charge >= 0.3 is 0 Å². The lowest BCUT2D eigenvalue weighted by Gasteiger charge is -2.25. The van der Waals surface area contributed by atoms with E-state index in [0.29, 0.717) is 12.6 Å². The van der Waals surface area contributed by atoms with Crippen molar-refractivity contribution in [3.05, 3.63) is 23.6 Å².